The first kappa shape index (κ1) is 29.4. The number of esters is 1. The van der Waals surface area contributed by atoms with Crippen molar-refractivity contribution in [1.29, 1.82) is 0 Å². The number of hydrogen-bond donors (Lipinski definition) is 1. The van der Waals surface area contributed by atoms with E-state index in [1.807, 2.05) is 6.08 Å². The van der Waals surface area contributed by atoms with Gasteiger partial charge < -0.3 is 24.2 Å². The largest absolute Gasteiger partial charge is 0.456 e. The molecule has 1 N–H and O–H groups in total. The van der Waals surface area contributed by atoms with Gasteiger partial charge in [0.05, 0.1) is 25.9 Å². The molecular weight excluding hydrogens is 510 g/mol. The molecule has 11 nitrogen and oxygen atoms in total. The Bertz CT molecular complexity index is 1040. The second kappa shape index (κ2) is 11.9. The predicted octanol–water partition coefficient (Wildman–Crippen LogP) is 2.48. The molecule has 7 unspecified atom stereocenters. The summed E-state index contributed by atoms with van der Waals surface area (Å²) in [6.45, 7) is 5.67. The van der Waals surface area contributed by atoms with Crippen molar-refractivity contribution < 1.29 is 43.6 Å². The number of hydrogen-bond acceptors (Lipinski definition) is 10. The third-order valence-corrected chi connectivity index (χ3v) is 9.57. The van der Waals surface area contributed by atoms with Gasteiger partial charge in [-0.1, -0.05) is 32.4 Å². The molecule has 4 aliphatic carbocycles. The molecule has 0 spiro atoms. The third kappa shape index (κ3) is 5.95. The minimum Gasteiger partial charge on any atom is -0.456 e. The molecule has 8 atom stereocenters. The molecule has 11 heteroatoms. The Hall–Kier alpha value is -2.63. The van der Waals surface area contributed by atoms with Crippen LogP contribution in [0.5, 0.6) is 0 Å². The van der Waals surface area contributed by atoms with Crippen LogP contribution in [0.2, 0.25) is 0 Å². The van der Waals surface area contributed by atoms with Crippen LogP contribution in [-0.4, -0.2) is 73.5 Å². The topological polar surface area (TPSA) is 152 Å². The van der Waals surface area contributed by atoms with Gasteiger partial charge in [-0.15, -0.1) is 10.1 Å². The average molecular weight is 550 g/mol. The van der Waals surface area contributed by atoms with Gasteiger partial charge in [0.2, 0.25) is 0 Å². The van der Waals surface area contributed by atoms with Crippen LogP contribution in [0.15, 0.2) is 23.8 Å². The number of rotatable bonds is 12. The lowest BCUT2D eigenvalue weighted by molar-refractivity contribution is -0.758. The minimum atomic E-state index is -0.904. The zero-order valence-electron chi connectivity index (χ0n) is 22.8. The van der Waals surface area contributed by atoms with Crippen LogP contribution < -0.4 is 0 Å². The third-order valence-electron chi connectivity index (χ3n) is 9.57. The summed E-state index contributed by atoms with van der Waals surface area (Å²) in [4.78, 5) is 51.7. The quantitative estimate of drug-likeness (QED) is 0.166. The van der Waals surface area contributed by atoms with Crippen molar-refractivity contribution in [3.63, 3.8) is 0 Å². The lowest BCUT2D eigenvalue weighted by Crippen LogP contribution is -2.56. The van der Waals surface area contributed by atoms with Crippen molar-refractivity contribution in [3.05, 3.63) is 33.9 Å². The summed E-state index contributed by atoms with van der Waals surface area (Å²) in [6.07, 6.45) is 7.80. The zero-order valence-corrected chi connectivity index (χ0v) is 22.8. The smallest absolute Gasteiger partial charge is 0.332 e. The number of Topliss-reactive ketones (excluding diaryl/α,β-unsaturated/α-hetero) is 1. The van der Waals surface area contributed by atoms with Crippen molar-refractivity contribution in [3.8, 4) is 0 Å². The average Bonchev–Trinajstić information content (AvgIpc) is 3.13. The van der Waals surface area contributed by atoms with Crippen LogP contribution >= 0.6 is 0 Å². The standard InChI is InChI=1S/C28H39NO10/c1-17-12-21-20-5-4-18-13-19(30)6-7-27(18,2)26(20)22(31)14-28(21,3)25(17)23(32)15-38-24(33)16-37-9-8-36-10-11-39-29(34)35/h6-7,13,17,20-22,25-26,31H,4-5,8-12,14-16H2,1-3H3/t17-,20?,21?,22?,25?,26?,27?,28?/m1/s1. The molecule has 0 aromatic heterocycles. The molecule has 0 aliphatic heterocycles. The van der Waals surface area contributed by atoms with Gasteiger partial charge in [0.1, 0.15) is 19.8 Å². The summed E-state index contributed by atoms with van der Waals surface area (Å²) < 4.78 is 15.5. The molecule has 216 valence electrons. The number of carbonyl (C=O) groups excluding carboxylic acids is 3. The summed E-state index contributed by atoms with van der Waals surface area (Å²) in [5, 5.41) is 20.6. The highest BCUT2D eigenvalue weighted by Gasteiger charge is 2.64. The van der Waals surface area contributed by atoms with Gasteiger partial charge in [0.15, 0.2) is 11.6 Å². The SMILES string of the molecule is C[C@@H]1CC2C3CCC4=CC(=O)C=CC4(C)C3C(O)CC2(C)C1C(=O)COC(=O)COCCOCCO[N+](=O)[O-]. The molecule has 0 heterocycles. The second-order valence-electron chi connectivity index (χ2n) is 11.8. The Kier molecular flexibility index (Phi) is 8.92. The predicted molar refractivity (Wildman–Crippen MR) is 137 cm³/mol. The second-order valence-corrected chi connectivity index (χ2v) is 11.8. The van der Waals surface area contributed by atoms with Crippen LogP contribution in [0.3, 0.4) is 0 Å². The first-order valence-corrected chi connectivity index (χ1v) is 13.7. The lowest BCUT2D eigenvalue weighted by atomic mass is 9.46. The van der Waals surface area contributed by atoms with E-state index in [2.05, 4.69) is 25.6 Å². The van der Waals surface area contributed by atoms with Gasteiger partial charge in [-0.05, 0) is 61.0 Å². The van der Waals surface area contributed by atoms with Crippen molar-refractivity contribution in [2.75, 3.05) is 39.6 Å². The number of fused-ring (bicyclic) bond motifs is 5. The maximum absolute atomic E-state index is 13.4. The van der Waals surface area contributed by atoms with E-state index < -0.39 is 22.6 Å². The Morgan fingerprint density at radius 2 is 1.87 bits per heavy atom. The number of ketones is 2. The van der Waals surface area contributed by atoms with E-state index in [0.29, 0.717) is 6.42 Å². The van der Waals surface area contributed by atoms with E-state index in [1.54, 1.807) is 12.2 Å². The normalized spacial score (nSPS) is 36.8. The van der Waals surface area contributed by atoms with Crippen LogP contribution in [0, 0.1) is 50.5 Å². The molecule has 0 radical (unpaired) electrons. The zero-order chi connectivity index (χ0) is 28.4. The maximum atomic E-state index is 13.4. The van der Waals surface area contributed by atoms with Gasteiger partial charge >= 0.3 is 5.97 Å². The molecular formula is C28H39NO10. The summed E-state index contributed by atoms with van der Waals surface area (Å²) in [5.41, 5.74) is 0.344. The van der Waals surface area contributed by atoms with Gasteiger partial charge in [0.25, 0.3) is 5.09 Å². The Morgan fingerprint density at radius 1 is 1.15 bits per heavy atom. The Morgan fingerprint density at radius 3 is 2.62 bits per heavy atom. The summed E-state index contributed by atoms with van der Waals surface area (Å²) in [6, 6.07) is 0. The molecule has 0 saturated heterocycles. The van der Waals surface area contributed by atoms with E-state index in [0.717, 1.165) is 24.8 Å². The Labute approximate surface area is 228 Å². The van der Waals surface area contributed by atoms with Gasteiger partial charge in [-0.3, -0.25) is 9.59 Å². The van der Waals surface area contributed by atoms with Crippen LogP contribution in [0.25, 0.3) is 0 Å². The first-order chi connectivity index (χ1) is 18.5. The van der Waals surface area contributed by atoms with Gasteiger partial charge in [-0.25, -0.2) is 4.79 Å². The van der Waals surface area contributed by atoms with Crippen LogP contribution in [-0.2, 0) is 33.4 Å². The number of ether oxygens (including phenoxy) is 3. The molecule has 0 aromatic rings. The number of aliphatic hydroxyl groups is 1. The van der Waals surface area contributed by atoms with E-state index in [-0.39, 0.29) is 86.2 Å². The molecule has 4 rings (SSSR count). The molecule has 0 aromatic carbocycles. The lowest BCUT2D eigenvalue weighted by Gasteiger charge is -2.58. The molecule has 3 fully saturated rings. The van der Waals surface area contributed by atoms with Crippen molar-refractivity contribution in [2.45, 2.75) is 52.6 Å². The summed E-state index contributed by atoms with van der Waals surface area (Å²) in [5.74, 6) is -0.517. The highest BCUT2D eigenvalue weighted by Crippen LogP contribution is 2.67. The number of carbonyl (C=O) groups is 3. The monoisotopic (exact) mass is 549 g/mol. The number of allylic oxidation sites excluding steroid dienone is 4. The van der Waals surface area contributed by atoms with Crippen LogP contribution in [0.4, 0.5) is 0 Å². The maximum Gasteiger partial charge on any atom is 0.332 e. The van der Waals surface area contributed by atoms with E-state index >= 15 is 0 Å². The van der Waals surface area contributed by atoms with E-state index in [1.165, 1.54) is 0 Å². The fraction of sp³-hybridized carbons (Fsp3) is 0.750. The van der Waals surface area contributed by atoms with E-state index in [9.17, 15) is 29.6 Å². The van der Waals surface area contributed by atoms with Crippen molar-refractivity contribution >= 4 is 17.5 Å². The summed E-state index contributed by atoms with van der Waals surface area (Å²) in [7, 11) is 0. The molecule has 3 saturated carbocycles. The highest BCUT2D eigenvalue weighted by molar-refractivity contribution is 6.01. The fourth-order valence-electron chi connectivity index (χ4n) is 8.21. The molecule has 0 amide bonds. The first-order valence-electron chi connectivity index (χ1n) is 13.7. The summed E-state index contributed by atoms with van der Waals surface area (Å²) >= 11 is 0. The van der Waals surface area contributed by atoms with Crippen molar-refractivity contribution in [1.82, 2.24) is 0 Å². The van der Waals surface area contributed by atoms with E-state index in [4.69, 9.17) is 14.2 Å². The van der Waals surface area contributed by atoms with Gasteiger partial charge in [0, 0.05) is 17.3 Å². The highest BCUT2D eigenvalue weighted by atomic mass is 17.0. The van der Waals surface area contributed by atoms with Gasteiger partial charge in [-0.2, -0.15) is 0 Å². The van der Waals surface area contributed by atoms with Crippen LogP contribution in [0.1, 0.15) is 46.5 Å². The Balaban J connectivity index is 1.30. The molecule has 39 heavy (non-hydrogen) atoms. The number of aliphatic hydroxyl groups excluding tert-OH is 1. The van der Waals surface area contributed by atoms with Crippen molar-refractivity contribution in [2.24, 2.45) is 40.4 Å². The fourth-order valence-corrected chi connectivity index (χ4v) is 8.21. The minimum absolute atomic E-state index is 0.000487. The molecule has 4 aliphatic rings. The molecule has 0 bridgehead atoms. The number of nitrogens with zero attached hydrogens (tertiary/aromatic N) is 1.